The molecule has 142 valence electrons. The van der Waals surface area contributed by atoms with Crippen molar-refractivity contribution in [3.05, 3.63) is 28.7 Å². The minimum absolute atomic E-state index is 0.0621. The Labute approximate surface area is 154 Å². The average Bonchev–Trinajstić information content (AvgIpc) is 3.08. The number of carbonyl (C=O) groups is 1. The molecule has 1 aromatic heterocycles. The van der Waals surface area contributed by atoms with Crippen LogP contribution in [-0.2, 0) is 15.9 Å². The van der Waals surface area contributed by atoms with E-state index >= 15 is 0 Å². The van der Waals surface area contributed by atoms with E-state index in [0.717, 1.165) is 44.5 Å². The summed E-state index contributed by atoms with van der Waals surface area (Å²) in [6, 6.07) is 0.181. The third-order valence-electron chi connectivity index (χ3n) is 6.28. The molecule has 0 spiro atoms. The first-order chi connectivity index (χ1) is 12.7. The number of fused-ring (bicyclic) bond motifs is 1. The Bertz CT molecular complexity index is 707. The fourth-order valence-electron chi connectivity index (χ4n) is 5.00. The second kappa shape index (κ2) is 7.16. The number of hydrogen-bond donors (Lipinski definition) is 0. The van der Waals surface area contributed by atoms with Crippen molar-refractivity contribution in [2.24, 2.45) is 5.41 Å². The topological polar surface area (TPSA) is 64.8 Å². The Morgan fingerprint density at radius 3 is 3.04 bits per heavy atom. The average molecular weight is 360 g/mol. The third-order valence-corrected chi connectivity index (χ3v) is 6.28. The zero-order valence-corrected chi connectivity index (χ0v) is 15.8. The predicted octanol–water partition coefficient (Wildman–Crippen LogP) is 2.90. The maximum Gasteiger partial charge on any atom is 0.259 e. The van der Waals surface area contributed by atoms with Crippen LogP contribution in [0.25, 0.3) is 0 Å². The molecule has 4 heterocycles. The van der Waals surface area contributed by atoms with Gasteiger partial charge in [-0.2, -0.15) is 0 Å². The highest BCUT2D eigenvalue weighted by Gasteiger charge is 2.50. The van der Waals surface area contributed by atoms with Crippen molar-refractivity contribution in [3.8, 4) is 0 Å². The molecule has 2 saturated heterocycles. The Kier molecular flexibility index (Phi) is 4.88. The molecule has 26 heavy (non-hydrogen) atoms. The van der Waals surface area contributed by atoms with Crippen LogP contribution in [0.3, 0.4) is 0 Å². The lowest BCUT2D eigenvalue weighted by Gasteiger charge is -2.54. The molecule has 0 aliphatic carbocycles. The van der Waals surface area contributed by atoms with Gasteiger partial charge in [0, 0.05) is 24.6 Å². The molecule has 0 radical (unpaired) electrons. The quantitative estimate of drug-likeness (QED) is 0.776. The zero-order valence-electron chi connectivity index (χ0n) is 15.8. The van der Waals surface area contributed by atoms with E-state index in [1.54, 1.807) is 0 Å². The number of carbonyl (C=O) groups excluding carboxylic acids is 1. The van der Waals surface area contributed by atoms with Gasteiger partial charge in [0.2, 0.25) is 0 Å². The first-order valence-corrected chi connectivity index (χ1v) is 9.78. The monoisotopic (exact) mass is 360 g/mol. The molecular weight excluding hydrogens is 332 g/mol. The van der Waals surface area contributed by atoms with Gasteiger partial charge in [0.25, 0.3) is 5.91 Å². The molecule has 0 bridgehead atoms. The van der Waals surface area contributed by atoms with Gasteiger partial charge in [-0.15, -0.1) is 0 Å². The molecule has 4 rings (SSSR count). The number of likely N-dealkylation sites (tertiary alicyclic amines) is 1. The van der Waals surface area contributed by atoms with E-state index in [9.17, 15) is 4.79 Å². The van der Waals surface area contributed by atoms with Crippen LogP contribution in [0.15, 0.2) is 16.2 Å². The Morgan fingerprint density at radius 1 is 1.38 bits per heavy atom. The molecule has 0 unspecified atom stereocenters. The molecule has 6 nitrogen and oxygen atoms in total. The fourth-order valence-corrected chi connectivity index (χ4v) is 5.00. The number of piperidine rings is 1. The van der Waals surface area contributed by atoms with Crippen molar-refractivity contribution in [2.45, 2.75) is 52.0 Å². The molecule has 6 heteroatoms. The maximum absolute atomic E-state index is 13.5. The van der Waals surface area contributed by atoms with E-state index in [1.807, 2.05) is 13.8 Å². The second-order valence-electron chi connectivity index (χ2n) is 7.58. The summed E-state index contributed by atoms with van der Waals surface area (Å²) >= 11 is 0. The van der Waals surface area contributed by atoms with Gasteiger partial charge in [0.05, 0.1) is 25.5 Å². The summed E-state index contributed by atoms with van der Waals surface area (Å²) in [4.78, 5) is 15.6. The number of hydrogen-bond acceptors (Lipinski definition) is 5. The van der Waals surface area contributed by atoms with Crippen molar-refractivity contribution in [2.75, 3.05) is 33.0 Å². The van der Waals surface area contributed by atoms with Gasteiger partial charge in [-0.3, -0.25) is 4.79 Å². The van der Waals surface area contributed by atoms with Crippen LogP contribution in [0.5, 0.6) is 0 Å². The first-order valence-electron chi connectivity index (χ1n) is 9.78. The molecule has 2 fully saturated rings. The molecule has 3 aliphatic rings. The van der Waals surface area contributed by atoms with Crippen molar-refractivity contribution in [3.63, 3.8) is 0 Å². The minimum Gasteiger partial charge on any atom is -0.380 e. The molecule has 0 saturated carbocycles. The van der Waals surface area contributed by atoms with Gasteiger partial charge in [-0.25, -0.2) is 0 Å². The number of aromatic nitrogens is 1. The number of amides is 1. The normalized spacial score (nSPS) is 29.2. The molecule has 0 aromatic carbocycles. The van der Waals surface area contributed by atoms with E-state index < -0.39 is 0 Å². The summed E-state index contributed by atoms with van der Waals surface area (Å²) < 4.78 is 16.8. The van der Waals surface area contributed by atoms with Gasteiger partial charge in [-0.1, -0.05) is 23.7 Å². The largest absolute Gasteiger partial charge is 0.380 e. The summed E-state index contributed by atoms with van der Waals surface area (Å²) in [5, 5.41) is 4.09. The van der Waals surface area contributed by atoms with Crippen molar-refractivity contribution >= 4 is 5.91 Å². The van der Waals surface area contributed by atoms with Crippen LogP contribution in [0.2, 0.25) is 0 Å². The Balaban J connectivity index is 1.69. The van der Waals surface area contributed by atoms with Crippen LogP contribution in [-0.4, -0.2) is 55.0 Å². The smallest absolute Gasteiger partial charge is 0.259 e. The molecule has 2 atom stereocenters. The van der Waals surface area contributed by atoms with E-state index in [1.165, 1.54) is 5.57 Å². The minimum atomic E-state index is -0.0621. The lowest BCUT2D eigenvalue weighted by molar-refractivity contribution is -0.0739. The SMILES string of the molecule is CCc1noc(C)c1C(=O)N1CCC[C@]2(C3=CCOCC3)COCC[C@@H]12. The summed E-state index contributed by atoms with van der Waals surface area (Å²) in [5.74, 6) is 0.699. The van der Waals surface area contributed by atoms with Crippen LogP contribution < -0.4 is 0 Å². The highest BCUT2D eigenvalue weighted by Crippen LogP contribution is 2.48. The Hall–Kier alpha value is -1.66. The zero-order chi connectivity index (χ0) is 18.1. The molecule has 1 aromatic rings. The lowest BCUT2D eigenvalue weighted by atomic mass is 9.65. The molecular formula is C20H28N2O4. The summed E-state index contributed by atoms with van der Waals surface area (Å²) in [7, 11) is 0. The van der Waals surface area contributed by atoms with Crippen LogP contribution in [0, 0.1) is 12.3 Å². The van der Waals surface area contributed by atoms with Crippen molar-refractivity contribution in [1.82, 2.24) is 10.1 Å². The number of aryl methyl sites for hydroxylation is 2. The number of nitrogens with zero attached hydrogens (tertiary/aromatic N) is 2. The van der Waals surface area contributed by atoms with Gasteiger partial charge in [0.15, 0.2) is 0 Å². The van der Waals surface area contributed by atoms with Gasteiger partial charge < -0.3 is 18.9 Å². The van der Waals surface area contributed by atoms with Crippen molar-refractivity contribution in [1.29, 1.82) is 0 Å². The maximum atomic E-state index is 13.5. The van der Waals surface area contributed by atoms with Gasteiger partial charge in [0.1, 0.15) is 11.3 Å². The highest BCUT2D eigenvalue weighted by atomic mass is 16.5. The molecule has 0 N–H and O–H groups in total. The third kappa shape index (κ3) is 2.79. The molecule has 3 aliphatic heterocycles. The summed E-state index contributed by atoms with van der Waals surface area (Å²) in [5.41, 5.74) is 2.79. The van der Waals surface area contributed by atoms with E-state index in [2.05, 4.69) is 16.1 Å². The Morgan fingerprint density at radius 2 is 2.27 bits per heavy atom. The summed E-state index contributed by atoms with van der Waals surface area (Å²) in [6.45, 7) is 7.49. The van der Waals surface area contributed by atoms with Crippen molar-refractivity contribution < 1.29 is 18.8 Å². The lowest BCUT2D eigenvalue weighted by Crippen LogP contribution is -2.59. The highest BCUT2D eigenvalue weighted by molar-refractivity contribution is 5.96. The van der Waals surface area contributed by atoms with Crippen LogP contribution in [0.1, 0.15) is 54.4 Å². The standard InChI is InChI=1S/C20H28N2O4/c1-3-16-18(14(2)26-21-16)19(23)22-9-4-8-20(13-25-12-7-17(20)22)15-5-10-24-11-6-15/h5,17H,3-4,6-13H2,1-2H3/t17-,20-/m1/s1. The first kappa shape index (κ1) is 17.7. The number of ether oxygens (including phenoxy) is 2. The van der Waals surface area contributed by atoms with E-state index in [-0.39, 0.29) is 17.4 Å². The predicted molar refractivity (Wildman–Crippen MR) is 96.1 cm³/mol. The van der Waals surface area contributed by atoms with E-state index in [0.29, 0.717) is 37.6 Å². The van der Waals surface area contributed by atoms with Gasteiger partial charge >= 0.3 is 0 Å². The number of rotatable bonds is 3. The summed E-state index contributed by atoms with van der Waals surface area (Å²) in [6.07, 6.45) is 6.82. The van der Waals surface area contributed by atoms with Gasteiger partial charge in [-0.05, 0) is 39.0 Å². The fraction of sp³-hybridized carbons (Fsp3) is 0.700. The molecule has 1 amide bonds. The second-order valence-corrected chi connectivity index (χ2v) is 7.58. The van der Waals surface area contributed by atoms with Crippen LogP contribution >= 0.6 is 0 Å². The van der Waals surface area contributed by atoms with Crippen LogP contribution in [0.4, 0.5) is 0 Å². The van der Waals surface area contributed by atoms with E-state index in [4.69, 9.17) is 14.0 Å².